The van der Waals surface area contributed by atoms with Crippen LogP contribution in [0.3, 0.4) is 0 Å². The van der Waals surface area contributed by atoms with E-state index in [0.717, 1.165) is 6.07 Å². The fraction of sp³-hybridized carbons (Fsp3) is 0.200. The van der Waals surface area contributed by atoms with Crippen LogP contribution in [0, 0.1) is 6.92 Å². The Hall–Kier alpha value is -1.27. The monoisotopic (exact) mass is 295 g/mol. The van der Waals surface area contributed by atoms with Gasteiger partial charge in [0, 0.05) is 6.20 Å². The minimum absolute atomic E-state index is 0.0581. The topological polar surface area (TPSA) is 30.7 Å². The second-order valence-electron chi connectivity index (χ2n) is 3.55. The van der Waals surface area contributed by atoms with E-state index in [2.05, 4.69) is 10.1 Å². The van der Waals surface area contributed by atoms with Gasteiger partial charge in [0.05, 0.1) is 16.3 Å². The van der Waals surface area contributed by atoms with Crippen LogP contribution in [0.15, 0.2) is 18.3 Å². The maximum atomic E-state index is 12.4. The lowest BCUT2D eigenvalue weighted by atomic mass is 10.3. The molecule has 0 spiro atoms. The molecule has 2 heterocycles. The number of rotatable bonds is 1. The average molecular weight is 296 g/mol. The smallest absolute Gasteiger partial charge is 0.235 e. The fourth-order valence-electron chi connectivity index (χ4n) is 1.36. The number of aromatic nitrogens is 3. The third kappa shape index (κ3) is 2.44. The first-order valence-corrected chi connectivity index (χ1v) is 5.50. The van der Waals surface area contributed by atoms with Crippen molar-refractivity contribution in [1.29, 1.82) is 0 Å². The van der Waals surface area contributed by atoms with Gasteiger partial charge in [0.15, 0.2) is 5.82 Å². The molecule has 0 amide bonds. The van der Waals surface area contributed by atoms with E-state index in [9.17, 15) is 13.2 Å². The predicted molar refractivity (Wildman–Crippen MR) is 61.1 cm³/mol. The first-order chi connectivity index (χ1) is 8.29. The van der Waals surface area contributed by atoms with Crippen LogP contribution in [-0.4, -0.2) is 14.8 Å². The number of nitrogens with zero attached hydrogens (tertiary/aromatic N) is 3. The molecule has 0 radical (unpaired) electrons. The van der Waals surface area contributed by atoms with Crippen LogP contribution in [0.5, 0.6) is 0 Å². The lowest BCUT2D eigenvalue weighted by Crippen LogP contribution is -2.08. The average Bonchev–Trinajstić information content (AvgIpc) is 2.56. The summed E-state index contributed by atoms with van der Waals surface area (Å²) in [6.07, 6.45) is -3.80. The summed E-state index contributed by atoms with van der Waals surface area (Å²) < 4.78 is 38.5. The summed E-state index contributed by atoms with van der Waals surface area (Å²) in [5, 5.41) is 4.04. The van der Waals surface area contributed by atoms with E-state index < -0.39 is 11.7 Å². The Morgan fingerprint density at radius 3 is 2.33 bits per heavy atom. The molecule has 0 unspecified atom stereocenters. The van der Waals surface area contributed by atoms with Gasteiger partial charge in [-0.05, 0) is 19.1 Å². The summed E-state index contributed by atoms with van der Waals surface area (Å²) in [6.45, 7) is 1.69. The zero-order valence-electron chi connectivity index (χ0n) is 8.96. The van der Waals surface area contributed by atoms with E-state index in [0.29, 0.717) is 11.9 Å². The molecule has 96 valence electrons. The van der Waals surface area contributed by atoms with Gasteiger partial charge in [0.1, 0.15) is 5.15 Å². The van der Waals surface area contributed by atoms with Crippen molar-refractivity contribution >= 4 is 23.2 Å². The SMILES string of the molecule is Cc1cc(Cl)n(-c2ncc(C(F)(F)F)cc2Cl)n1. The molecule has 0 aliphatic rings. The molecule has 0 saturated heterocycles. The summed E-state index contributed by atoms with van der Waals surface area (Å²) in [6, 6.07) is 2.34. The van der Waals surface area contributed by atoms with Gasteiger partial charge in [-0.15, -0.1) is 0 Å². The maximum Gasteiger partial charge on any atom is 0.417 e. The number of hydrogen-bond donors (Lipinski definition) is 0. The molecule has 0 bridgehead atoms. The van der Waals surface area contributed by atoms with Crippen molar-refractivity contribution in [2.75, 3.05) is 0 Å². The number of pyridine rings is 1. The van der Waals surface area contributed by atoms with Crippen molar-refractivity contribution in [3.8, 4) is 5.82 Å². The van der Waals surface area contributed by atoms with Gasteiger partial charge >= 0.3 is 6.18 Å². The Morgan fingerprint density at radius 1 is 1.22 bits per heavy atom. The van der Waals surface area contributed by atoms with Gasteiger partial charge in [0.2, 0.25) is 0 Å². The molecule has 8 heteroatoms. The highest BCUT2D eigenvalue weighted by atomic mass is 35.5. The summed E-state index contributed by atoms with van der Waals surface area (Å²) >= 11 is 11.6. The molecule has 0 fully saturated rings. The van der Waals surface area contributed by atoms with Gasteiger partial charge in [-0.1, -0.05) is 23.2 Å². The molecule has 0 N–H and O–H groups in total. The number of hydrogen-bond acceptors (Lipinski definition) is 2. The highest BCUT2D eigenvalue weighted by molar-refractivity contribution is 6.33. The standard InChI is InChI=1S/C10H6Cl2F3N3/c1-5-2-8(12)18(17-5)9-7(11)3-6(4-16-9)10(13,14)15/h2-4H,1H3. The third-order valence-corrected chi connectivity index (χ3v) is 2.69. The zero-order valence-corrected chi connectivity index (χ0v) is 10.5. The number of halogens is 5. The van der Waals surface area contributed by atoms with Gasteiger partial charge in [-0.2, -0.15) is 18.3 Å². The van der Waals surface area contributed by atoms with Crippen LogP contribution in [0.4, 0.5) is 13.2 Å². The van der Waals surface area contributed by atoms with E-state index in [1.165, 1.54) is 4.68 Å². The largest absolute Gasteiger partial charge is 0.417 e. The molecular formula is C10H6Cl2F3N3. The van der Waals surface area contributed by atoms with Gasteiger partial charge < -0.3 is 0 Å². The molecule has 0 aromatic carbocycles. The van der Waals surface area contributed by atoms with E-state index in [1.54, 1.807) is 13.0 Å². The molecule has 0 aliphatic heterocycles. The summed E-state index contributed by atoms with van der Waals surface area (Å²) in [5.41, 5.74) is -0.311. The lowest BCUT2D eigenvalue weighted by molar-refractivity contribution is -0.137. The summed E-state index contributed by atoms with van der Waals surface area (Å²) in [4.78, 5) is 3.65. The Balaban J connectivity index is 2.51. The van der Waals surface area contributed by atoms with Crippen LogP contribution in [0.2, 0.25) is 10.2 Å². The minimum Gasteiger partial charge on any atom is -0.235 e. The Labute approximate surface area is 110 Å². The number of alkyl halides is 3. The molecule has 0 atom stereocenters. The molecule has 3 nitrogen and oxygen atoms in total. The molecule has 0 saturated carbocycles. The van der Waals surface area contributed by atoms with Crippen molar-refractivity contribution in [1.82, 2.24) is 14.8 Å². The third-order valence-electron chi connectivity index (χ3n) is 2.14. The second kappa shape index (κ2) is 4.44. The maximum absolute atomic E-state index is 12.4. The molecular weight excluding hydrogens is 290 g/mol. The molecule has 18 heavy (non-hydrogen) atoms. The quantitative estimate of drug-likeness (QED) is 0.799. The van der Waals surface area contributed by atoms with Crippen molar-refractivity contribution < 1.29 is 13.2 Å². The van der Waals surface area contributed by atoms with Gasteiger partial charge in [-0.25, -0.2) is 9.67 Å². The second-order valence-corrected chi connectivity index (χ2v) is 4.34. The van der Waals surface area contributed by atoms with E-state index in [4.69, 9.17) is 23.2 Å². The molecule has 2 rings (SSSR count). The summed E-state index contributed by atoms with van der Waals surface area (Å²) in [7, 11) is 0. The van der Waals surface area contributed by atoms with E-state index in [1.807, 2.05) is 0 Å². The van der Waals surface area contributed by atoms with E-state index in [-0.39, 0.29) is 16.0 Å². The Bertz CT molecular complexity index is 593. The van der Waals surface area contributed by atoms with Gasteiger partial charge in [0.25, 0.3) is 0 Å². The van der Waals surface area contributed by atoms with Crippen molar-refractivity contribution in [2.24, 2.45) is 0 Å². The Kier molecular flexibility index (Phi) is 3.25. The molecule has 0 aliphatic carbocycles. The highest BCUT2D eigenvalue weighted by Gasteiger charge is 2.31. The van der Waals surface area contributed by atoms with Crippen LogP contribution in [0.1, 0.15) is 11.3 Å². The van der Waals surface area contributed by atoms with E-state index >= 15 is 0 Å². The van der Waals surface area contributed by atoms with Crippen molar-refractivity contribution in [3.05, 3.63) is 39.8 Å². The van der Waals surface area contributed by atoms with Crippen LogP contribution < -0.4 is 0 Å². The van der Waals surface area contributed by atoms with Crippen LogP contribution >= 0.6 is 23.2 Å². The first-order valence-electron chi connectivity index (χ1n) is 4.74. The van der Waals surface area contributed by atoms with Gasteiger partial charge in [-0.3, -0.25) is 0 Å². The zero-order chi connectivity index (χ0) is 13.5. The van der Waals surface area contributed by atoms with Crippen LogP contribution in [-0.2, 0) is 6.18 Å². The normalized spacial score (nSPS) is 11.9. The lowest BCUT2D eigenvalue weighted by Gasteiger charge is -2.09. The van der Waals surface area contributed by atoms with Crippen LogP contribution in [0.25, 0.3) is 5.82 Å². The van der Waals surface area contributed by atoms with Crippen molar-refractivity contribution in [2.45, 2.75) is 13.1 Å². The predicted octanol–water partition coefficient (Wildman–Crippen LogP) is 3.90. The molecule has 2 aromatic heterocycles. The Morgan fingerprint density at radius 2 is 1.89 bits per heavy atom. The first kappa shape index (κ1) is 13.2. The minimum atomic E-state index is -4.49. The summed E-state index contributed by atoms with van der Waals surface area (Å²) in [5.74, 6) is 0.0581. The highest BCUT2D eigenvalue weighted by Crippen LogP contribution is 2.32. The van der Waals surface area contributed by atoms with Crippen molar-refractivity contribution in [3.63, 3.8) is 0 Å². The fourth-order valence-corrected chi connectivity index (χ4v) is 1.88. The number of aryl methyl sites for hydroxylation is 1. The molecule has 2 aromatic rings.